The average Bonchev–Trinajstić information content (AvgIpc) is 2.06. The van der Waals surface area contributed by atoms with Gasteiger partial charge in [0.25, 0.3) is 0 Å². The molecule has 1 rings (SSSR count). The molecule has 1 aromatic carbocycles. The number of halogens is 7. The predicted molar refractivity (Wildman–Crippen MR) is 48.1 cm³/mol. The minimum Gasteiger partial charge on any atom is -0.433 e. The standard InChI is InChI=1S/C8H3Cl2F5O/c9-4-2-5(10)6(16-7(11)12)1-3(4)8(13,14)15/h1-2,7H. The van der Waals surface area contributed by atoms with Crippen LogP contribution in [-0.2, 0) is 6.18 Å². The van der Waals surface area contributed by atoms with Gasteiger partial charge in [0.15, 0.2) is 0 Å². The Kier molecular flexibility index (Phi) is 3.85. The van der Waals surface area contributed by atoms with Crippen molar-refractivity contribution in [2.75, 3.05) is 0 Å². The Hall–Kier alpha value is -0.750. The first kappa shape index (κ1) is 13.3. The van der Waals surface area contributed by atoms with Crippen LogP contribution in [0.15, 0.2) is 12.1 Å². The molecule has 0 aliphatic carbocycles. The minimum atomic E-state index is -4.76. The third-order valence-corrected chi connectivity index (χ3v) is 2.15. The van der Waals surface area contributed by atoms with Gasteiger partial charge in [0.05, 0.1) is 15.6 Å². The molecule has 0 amide bonds. The summed E-state index contributed by atoms with van der Waals surface area (Å²) >= 11 is 10.7. The Morgan fingerprint density at radius 3 is 2.06 bits per heavy atom. The SMILES string of the molecule is FC(F)Oc1cc(C(F)(F)F)c(Cl)cc1Cl. The summed E-state index contributed by atoms with van der Waals surface area (Å²) in [6.07, 6.45) is -4.76. The molecule has 0 spiro atoms. The topological polar surface area (TPSA) is 9.23 Å². The molecule has 0 bridgehead atoms. The molecule has 8 heteroatoms. The number of rotatable bonds is 2. The number of ether oxygens (including phenoxy) is 1. The zero-order chi connectivity index (χ0) is 12.5. The molecule has 0 aliphatic heterocycles. The summed E-state index contributed by atoms with van der Waals surface area (Å²) in [5, 5.41) is -1.10. The highest BCUT2D eigenvalue weighted by molar-refractivity contribution is 6.36. The maximum atomic E-state index is 12.3. The van der Waals surface area contributed by atoms with Crippen molar-refractivity contribution in [2.45, 2.75) is 12.8 Å². The van der Waals surface area contributed by atoms with Gasteiger partial charge in [-0.25, -0.2) is 0 Å². The first-order chi connectivity index (χ1) is 7.21. The molecule has 0 N–H and O–H groups in total. The van der Waals surface area contributed by atoms with Crippen molar-refractivity contribution in [3.05, 3.63) is 27.7 Å². The second-order valence-corrected chi connectivity index (χ2v) is 3.45. The molecule has 0 unspecified atom stereocenters. The molecular weight excluding hydrogens is 278 g/mol. The summed E-state index contributed by atoms with van der Waals surface area (Å²) < 4.78 is 64.5. The van der Waals surface area contributed by atoms with Crippen molar-refractivity contribution >= 4 is 23.2 Å². The monoisotopic (exact) mass is 280 g/mol. The fourth-order valence-corrected chi connectivity index (χ4v) is 1.47. The van der Waals surface area contributed by atoms with Gasteiger partial charge in [0.2, 0.25) is 0 Å². The summed E-state index contributed by atoms with van der Waals surface area (Å²) in [4.78, 5) is 0. The Balaban J connectivity index is 3.22. The van der Waals surface area contributed by atoms with E-state index in [1.54, 1.807) is 0 Å². The van der Waals surface area contributed by atoms with Crippen LogP contribution in [0.4, 0.5) is 22.0 Å². The third kappa shape index (κ3) is 3.12. The summed E-state index contributed by atoms with van der Waals surface area (Å²) in [5.41, 5.74) is -1.28. The molecule has 0 heterocycles. The average molecular weight is 281 g/mol. The van der Waals surface area contributed by atoms with Crippen LogP contribution < -0.4 is 4.74 Å². The van der Waals surface area contributed by atoms with Crippen molar-refractivity contribution in [2.24, 2.45) is 0 Å². The van der Waals surface area contributed by atoms with Gasteiger partial charge in [0, 0.05) is 0 Å². The number of hydrogen-bond acceptors (Lipinski definition) is 1. The Morgan fingerprint density at radius 2 is 1.62 bits per heavy atom. The lowest BCUT2D eigenvalue weighted by atomic mass is 10.2. The van der Waals surface area contributed by atoms with Crippen LogP contribution in [0.5, 0.6) is 5.75 Å². The fourth-order valence-electron chi connectivity index (χ4n) is 0.933. The minimum absolute atomic E-state index is 0.330. The lowest BCUT2D eigenvalue weighted by molar-refractivity contribution is -0.137. The lowest BCUT2D eigenvalue weighted by Gasteiger charge is -2.12. The Labute approximate surface area is 96.7 Å². The van der Waals surface area contributed by atoms with Crippen LogP contribution in [0.1, 0.15) is 5.56 Å². The highest BCUT2D eigenvalue weighted by Gasteiger charge is 2.34. The second kappa shape index (κ2) is 4.63. The molecular formula is C8H3Cl2F5O. The van der Waals surface area contributed by atoms with Gasteiger partial charge in [-0.2, -0.15) is 22.0 Å². The van der Waals surface area contributed by atoms with Crippen molar-refractivity contribution in [3.8, 4) is 5.75 Å². The van der Waals surface area contributed by atoms with E-state index in [4.69, 9.17) is 23.2 Å². The predicted octanol–water partition coefficient (Wildman–Crippen LogP) is 4.61. The molecule has 0 aromatic heterocycles. The van der Waals surface area contributed by atoms with Crippen molar-refractivity contribution in [1.29, 1.82) is 0 Å². The number of hydrogen-bond donors (Lipinski definition) is 0. The molecule has 0 atom stereocenters. The molecule has 16 heavy (non-hydrogen) atoms. The lowest BCUT2D eigenvalue weighted by Crippen LogP contribution is -2.08. The quantitative estimate of drug-likeness (QED) is 0.719. The third-order valence-electron chi connectivity index (χ3n) is 1.54. The van der Waals surface area contributed by atoms with Gasteiger partial charge in [-0.05, 0) is 12.1 Å². The molecule has 0 aliphatic rings. The highest BCUT2D eigenvalue weighted by Crippen LogP contribution is 2.40. The number of benzene rings is 1. The van der Waals surface area contributed by atoms with Crippen molar-refractivity contribution in [3.63, 3.8) is 0 Å². The van der Waals surface area contributed by atoms with E-state index in [1.807, 2.05) is 0 Å². The Morgan fingerprint density at radius 1 is 1.06 bits per heavy atom. The van der Waals surface area contributed by atoms with Gasteiger partial charge >= 0.3 is 12.8 Å². The van der Waals surface area contributed by atoms with Crippen LogP contribution in [0.25, 0.3) is 0 Å². The van der Waals surface area contributed by atoms with E-state index < -0.39 is 34.1 Å². The Bertz CT molecular complexity index is 391. The normalized spacial score (nSPS) is 12.0. The summed E-state index contributed by atoms with van der Waals surface area (Å²) in [7, 11) is 0. The van der Waals surface area contributed by atoms with Crippen molar-refractivity contribution in [1.82, 2.24) is 0 Å². The van der Waals surface area contributed by atoms with Crippen LogP contribution in [0.3, 0.4) is 0 Å². The van der Waals surface area contributed by atoms with E-state index in [0.717, 1.165) is 0 Å². The van der Waals surface area contributed by atoms with Crippen LogP contribution >= 0.6 is 23.2 Å². The summed E-state index contributed by atoms with van der Waals surface area (Å²) in [6, 6.07) is 1.03. The summed E-state index contributed by atoms with van der Waals surface area (Å²) in [6.45, 7) is -3.26. The van der Waals surface area contributed by atoms with Crippen LogP contribution in [0.2, 0.25) is 10.0 Å². The van der Waals surface area contributed by atoms with Crippen LogP contribution in [0, 0.1) is 0 Å². The molecule has 90 valence electrons. The van der Waals surface area contributed by atoms with Crippen molar-refractivity contribution < 1.29 is 26.7 Å². The fraction of sp³-hybridized carbons (Fsp3) is 0.250. The highest BCUT2D eigenvalue weighted by atomic mass is 35.5. The van der Waals surface area contributed by atoms with Crippen LogP contribution in [-0.4, -0.2) is 6.61 Å². The smallest absolute Gasteiger partial charge is 0.417 e. The van der Waals surface area contributed by atoms with E-state index in [1.165, 1.54) is 0 Å². The van der Waals surface area contributed by atoms with Gasteiger partial charge in [0.1, 0.15) is 5.75 Å². The van der Waals surface area contributed by atoms with E-state index in [2.05, 4.69) is 4.74 Å². The van der Waals surface area contributed by atoms with Gasteiger partial charge in [-0.1, -0.05) is 23.2 Å². The van der Waals surface area contributed by atoms with E-state index in [9.17, 15) is 22.0 Å². The van der Waals surface area contributed by atoms with Gasteiger partial charge in [-0.3, -0.25) is 0 Å². The number of alkyl halides is 5. The molecule has 0 saturated carbocycles. The van der Waals surface area contributed by atoms with Gasteiger partial charge < -0.3 is 4.74 Å². The maximum Gasteiger partial charge on any atom is 0.417 e. The largest absolute Gasteiger partial charge is 0.433 e. The first-order valence-corrected chi connectivity index (χ1v) is 4.48. The zero-order valence-electron chi connectivity index (χ0n) is 7.29. The molecule has 1 nitrogen and oxygen atoms in total. The molecule has 0 saturated heterocycles. The summed E-state index contributed by atoms with van der Waals surface area (Å²) in [5.74, 6) is -0.770. The zero-order valence-corrected chi connectivity index (χ0v) is 8.80. The van der Waals surface area contributed by atoms with E-state index in [0.29, 0.717) is 12.1 Å². The van der Waals surface area contributed by atoms with E-state index in [-0.39, 0.29) is 0 Å². The second-order valence-electron chi connectivity index (χ2n) is 2.64. The van der Waals surface area contributed by atoms with Gasteiger partial charge in [-0.15, -0.1) is 0 Å². The molecule has 0 fully saturated rings. The van der Waals surface area contributed by atoms with E-state index >= 15 is 0 Å². The maximum absolute atomic E-state index is 12.3. The molecule has 0 radical (unpaired) electrons. The first-order valence-electron chi connectivity index (χ1n) is 3.73. The molecule has 1 aromatic rings.